The summed E-state index contributed by atoms with van der Waals surface area (Å²) >= 11 is 3.34. The Morgan fingerprint density at radius 1 is 1.24 bits per heavy atom. The molecule has 88 valence electrons. The number of benzene rings is 1. The van der Waals surface area contributed by atoms with E-state index in [1.165, 1.54) is 6.33 Å². The van der Waals surface area contributed by atoms with E-state index in [2.05, 4.69) is 25.9 Å². The van der Waals surface area contributed by atoms with Crippen LogP contribution < -0.4 is 10.5 Å². The summed E-state index contributed by atoms with van der Waals surface area (Å²) < 4.78 is 6.44. The predicted octanol–water partition coefficient (Wildman–Crippen LogP) is 3.23. The minimum atomic E-state index is 0.493. The second kappa shape index (κ2) is 4.71. The van der Waals surface area contributed by atoms with Crippen LogP contribution in [0.2, 0.25) is 0 Å². The zero-order valence-corrected chi connectivity index (χ0v) is 11.2. The van der Waals surface area contributed by atoms with Gasteiger partial charge >= 0.3 is 0 Å². The first kappa shape index (κ1) is 11.9. The average Bonchev–Trinajstić information content (AvgIpc) is 2.29. The van der Waals surface area contributed by atoms with Gasteiger partial charge in [0.05, 0.1) is 4.47 Å². The van der Waals surface area contributed by atoms with E-state index in [1.54, 1.807) is 6.20 Å². The number of anilines is 1. The smallest absolute Gasteiger partial charge is 0.236 e. The van der Waals surface area contributed by atoms with Crippen LogP contribution in [0.25, 0.3) is 0 Å². The largest absolute Gasteiger partial charge is 0.437 e. The number of halogens is 1. The van der Waals surface area contributed by atoms with Crippen LogP contribution in [0.5, 0.6) is 11.6 Å². The van der Waals surface area contributed by atoms with Gasteiger partial charge in [-0.25, -0.2) is 9.97 Å². The molecule has 1 heterocycles. The minimum Gasteiger partial charge on any atom is -0.437 e. The summed E-state index contributed by atoms with van der Waals surface area (Å²) in [6, 6.07) is 3.79. The summed E-state index contributed by atoms with van der Waals surface area (Å²) in [5.74, 6) is 1.24. The van der Waals surface area contributed by atoms with Gasteiger partial charge in [-0.2, -0.15) is 0 Å². The van der Waals surface area contributed by atoms with Crippen molar-refractivity contribution in [1.82, 2.24) is 9.97 Å². The van der Waals surface area contributed by atoms with E-state index in [0.29, 0.717) is 10.4 Å². The van der Waals surface area contributed by atoms with Gasteiger partial charge in [0.25, 0.3) is 0 Å². The molecule has 0 saturated heterocycles. The summed E-state index contributed by atoms with van der Waals surface area (Å²) in [6.45, 7) is 3.89. The van der Waals surface area contributed by atoms with Crippen LogP contribution in [0.4, 0.5) is 5.69 Å². The molecule has 4 nitrogen and oxygen atoms in total. The number of rotatable bonds is 2. The summed E-state index contributed by atoms with van der Waals surface area (Å²) in [5, 5.41) is 0. The van der Waals surface area contributed by atoms with Crippen LogP contribution in [0.15, 0.2) is 29.1 Å². The molecular weight excluding hydrogens is 282 g/mol. The monoisotopic (exact) mass is 293 g/mol. The highest BCUT2D eigenvalue weighted by molar-refractivity contribution is 9.10. The number of aromatic nitrogens is 2. The van der Waals surface area contributed by atoms with Gasteiger partial charge in [-0.3, -0.25) is 0 Å². The average molecular weight is 294 g/mol. The van der Waals surface area contributed by atoms with Gasteiger partial charge in [0.1, 0.15) is 12.1 Å². The lowest BCUT2D eigenvalue weighted by Gasteiger charge is -2.11. The Morgan fingerprint density at radius 2 is 2.00 bits per heavy atom. The lowest BCUT2D eigenvalue weighted by atomic mass is 10.1. The highest BCUT2D eigenvalue weighted by Gasteiger charge is 2.08. The SMILES string of the molecule is Cc1cc(Oc2ncncc2Br)c(C)cc1N. The summed E-state index contributed by atoms with van der Waals surface area (Å²) in [4.78, 5) is 7.94. The normalized spacial score (nSPS) is 10.3. The molecule has 1 aromatic heterocycles. The molecular formula is C12H12BrN3O. The number of hydrogen-bond donors (Lipinski definition) is 1. The molecule has 0 saturated carbocycles. The van der Waals surface area contributed by atoms with Crippen LogP contribution >= 0.6 is 15.9 Å². The number of nitrogen functional groups attached to an aromatic ring is 1. The lowest BCUT2D eigenvalue weighted by molar-refractivity contribution is 0.454. The number of nitrogens with zero attached hydrogens (tertiary/aromatic N) is 2. The Hall–Kier alpha value is -1.62. The fourth-order valence-electron chi connectivity index (χ4n) is 1.40. The molecule has 0 fully saturated rings. The molecule has 1 aromatic carbocycles. The maximum absolute atomic E-state index is 5.82. The first-order valence-electron chi connectivity index (χ1n) is 5.08. The molecule has 5 heteroatoms. The molecule has 2 aromatic rings. The molecule has 0 atom stereocenters. The van der Waals surface area contributed by atoms with Crippen molar-refractivity contribution in [3.05, 3.63) is 40.3 Å². The van der Waals surface area contributed by atoms with Gasteiger partial charge in [-0.15, -0.1) is 0 Å². The van der Waals surface area contributed by atoms with Crippen molar-refractivity contribution >= 4 is 21.6 Å². The molecule has 0 aliphatic rings. The minimum absolute atomic E-state index is 0.493. The standard InChI is InChI=1S/C12H12BrN3O/c1-7-4-11(8(2)3-10(7)14)17-12-9(13)5-15-6-16-12/h3-6H,14H2,1-2H3. The van der Waals surface area contributed by atoms with Crippen LogP contribution in [-0.2, 0) is 0 Å². The molecule has 0 radical (unpaired) electrons. The Morgan fingerprint density at radius 3 is 2.71 bits per heavy atom. The number of aryl methyl sites for hydroxylation is 2. The van der Waals surface area contributed by atoms with Crippen molar-refractivity contribution in [2.45, 2.75) is 13.8 Å². The van der Waals surface area contributed by atoms with E-state index in [9.17, 15) is 0 Å². The van der Waals surface area contributed by atoms with Crippen molar-refractivity contribution in [3.8, 4) is 11.6 Å². The summed E-state index contributed by atoms with van der Waals surface area (Å²) in [6.07, 6.45) is 3.08. The third kappa shape index (κ3) is 2.55. The fraction of sp³-hybridized carbons (Fsp3) is 0.167. The maximum atomic E-state index is 5.82. The van der Waals surface area contributed by atoms with Gasteiger partial charge in [0.15, 0.2) is 0 Å². The van der Waals surface area contributed by atoms with Gasteiger partial charge < -0.3 is 10.5 Å². The van der Waals surface area contributed by atoms with E-state index in [0.717, 1.165) is 22.6 Å². The summed E-state index contributed by atoms with van der Waals surface area (Å²) in [7, 11) is 0. The van der Waals surface area contributed by atoms with E-state index in [-0.39, 0.29) is 0 Å². The predicted molar refractivity (Wildman–Crippen MR) is 70.1 cm³/mol. The first-order chi connectivity index (χ1) is 8.08. The third-order valence-electron chi connectivity index (χ3n) is 2.40. The molecule has 0 aliphatic heterocycles. The Balaban J connectivity index is 2.37. The second-order valence-electron chi connectivity index (χ2n) is 3.75. The molecule has 0 unspecified atom stereocenters. The van der Waals surface area contributed by atoms with Gasteiger partial charge in [0, 0.05) is 11.9 Å². The topological polar surface area (TPSA) is 61.0 Å². The van der Waals surface area contributed by atoms with Gasteiger partial charge in [0.2, 0.25) is 5.88 Å². The Bertz CT molecular complexity index is 557. The number of hydrogen-bond acceptors (Lipinski definition) is 4. The van der Waals surface area contributed by atoms with Gasteiger partial charge in [-0.1, -0.05) is 0 Å². The highest BCUT2D eigenvalue weighted by atomic mass is 79.9. The zero-order chi connectivity index (χ0) is 12.4. The molecule has 0 bridgehead atoms. The van der Waals surface area contributed by atoms with E-state index < -0.39 is 0 Å². The van der Waals surface area contributed by atoms with Crippen LogP contribution in [0.1, 0.15) is 11.1 Å². The maximum Gasteiger partial charge on any atom is 0.236 e. The Kier molecular flexibility index (Phi) is 3.28. The molecule has 2 N–H and O–H groups in total. The molecule has 0 aliphatic carbocycles. The summed E-state index contributed by atoms with van der Waals surface area (Å²) in [5.41, 5.74) is 8.54. The zero-order valence-electron chi connectivity index (χ0n) is 9.57. The highest BCUT2D eigenvalue weighted by Crippen LogP contribution is 2.30. The van der Waals surface area contributed by atoms with Crippen molar-refractivity contribution in [1.29, 1.82) is 0 Å². The van der Waals surface area contributed by atoms with Crippen molar-refractivity contribution in [2.24, 2.45) is 0 Å². The molecule has 2 rings (SSSR count). The van der Waals surface area contributed by atoms with Crippen LogP contribution in [-0.4, -0.2) is 9.97 Å². The van der Waals surface area contributed by atoms with Crippen molar-refractivity contribution in [3.63, 3.8) is 0 Å². The van der Waals surface area contributed by atoms with Crippen LogP contribution in [0.3, 0.4) is 0 Å². The molecule has 17 heavy (non-hydrogen) atoms. The molecule has 0 amide bonds. The Labute approximate surface area is 108 Å². The van der Waals surface area contributed by atoms with E-state index >= 15 is 0 Å². The van der Waals surface area contributed by atoms with E-state index in [1.807, 2.05) is 26.0 Å². The second-order valence-corrected chi connectivity index (χ2v) is 4.61. The van der Waals surface area contributed by atoms with E-state index in [4.69, 9.17) is 10.5 Å². The first-order valence-corrected chi connectivity index (χ1v) is 5.87. The molecule has 0 spiro atoms. The van der Waals surface area contributed by atoms with Crippen molar-refractivity contribution in [2.75, 3.05) is 5.73 Å². The van der Waals surface area contributed by atoms with Gasteiger partial charge in [-0.05, 0) is 53.0 Å². The number of ether oxygens (including phenoxy) is 1. The van der Waals surface area contributed by atoms with Crippen LogP contribution in [0, 0.1) is 13.8 Å². The quantitative estimate of drug-likeness (QED) is 0.864. The fourth-order valence-corrected chi connectivity index (χ4v) is 1.70. The number of nitrogens with two attached hydrogens (primary N) is 1. The lowest BCUT2D eigenvalue weighted by Crippen LogP contribution is -1.96. The van der Waals surface area contributed by atoms with Crippen molar-refractivity contribution < 1.29 is 4.74 Å². The third-order valence-corrected chi connectivity index (χ3v) is 2.95.